The van der Waals surface area contributed by atoms with Gasteiger partial charge in [-0.05, 0) is 33.5 Å². The Morgan fingerprint density at radius 2 is 1.60 bits per heavy atom. The molecule has 98 valence electrons. The van der Waals surface area contributed by atoms with Crippen molar-refractivity contribution in [1.82, 2.24) is 0 Å². The van der Waals surface area contributed by atoms with Gasteiger partial charge in [0.25, 0.3) is 0 Å². The fourth-order valence-corrected chi connectivity index (χ4v) is 2.73. The third-order valence-electron chi connectivity index (χ3n) is 3.64. The second-order valence-corrected chi connectivity index (χ2v) is 5.02. The number of benzene rings is 3. The molecule has 3 aromatic carbocycles. The molecule has 0 spiro atoms. The van der Waals surface area contributed by atoms with E-state index in [1.807, 2.05) is 30.3 Å². The molecule has 0 radical (unpaired) electrons. The fraction of sp³-hybridized carbons (Fsp3) is 0.167. The molecule has 0 amide bonds. The Morgan fingerprint density at radius 1 is 0.950 bits per heavy atom. The third-order valence-corrected chi connectivity index (χ3v) is 3.64. The molecule has 0 fully saturated rings. The van der Waals surface area contributed by atoms with E-state index in [0.29, 0.717) is 6.42 Å². The molecule has 0 saturated carbocycles. The number of nitrogens with zero attached hydrogens (tertiary/aromatic N) is 1. The Kier molecular flexibility index (Phi) is 3.37. The van der Waals surface area contributed by atoms with Crippen LogP contribution in [0, 0.1) is 11.3 Å². The molecular formula is C18H15NO. The van der Waals surface area contributed by atoms with Crippen LogP contribution in [-0.2, 0) is 6.42 Å². The van der Waals surface area contributed by atoms with Gasteiger partial charge >= 0.3 is 0 Å². The van der Waals surface area contributed by atoms with Crippen molar-refractivity contribution < 1.29 is 5.11 Å². The largest absolute Gasteiger partial charge is 0.392 e. The van der Waals surface area contributed by atoms with Gasteiger partial charge in [0.15, 0.2) is 0 Å². The minimum atomic E-state index is -0.607. The summed E-state index contributed by atoms with van der Waals surface area (Å²) in [6.45, 7) is 0. The van der Waals surface area contributed by atoms with Crippen molar-refractivity contribution in [2.45, 2.75) is 18.9 Å². The lowest BCUT2D eigenvalue weighted by atomic mass is 9.94. The summed E-state index contributed by atoms with van der Waals surface area (Å²) in [6.07, 6.45) is 0.0737. The first-order valence-electron chi connectivity index (χ1n) is 6.74. The van der Waals surface area contributed by atoms with Gasteiger partial charge in [0.2, 0.25) is 0 Å². The lowest BCUT2D eigenvalue weighted by molar-refractivity contribution is 0.180. The average molecular weight is 261 g/mol. The summed E-state index contributed by atoms with van der Waals surface area (Å²) in [5.41, 5.74) is 1.10. The maximum Gasteiger partial charge on any atom is 0.0710 e. The van der Waals surface area contributed by atoms with Gasteiger partial charge in [0.1, 0.15) is 0 Å². The van der Waals surface area contributed by atoms with Gasteiger partial charge in [-0.2, -0.15) is 5.26 Å². The standard InChI is InChI=1S/C18H15NO/c19-10-9-15(20)12-14-11-13-5-1-2-6-16(13)18-8-4-3-7-17(14)18/h1-8,11,15,20H,9,12H2/t15-/m0/s1. The normalized spacial score (nSPS) is 12.4. The van der Waals surface area contributed by atoms with E-state index in [4.69, 9.17) is 5.26 Å². The molecule has 0 aliphatic rings. The van der Waals surface area contributed by atoms with Crippen molar-refractivity contribution in [3.8, 4) is 6.07 Å². The highest BCUT2D eigenvalue weighted by atomic mass is 16.3. The van der Waals surface area contributed by atoms with Gasteiger partial charge < -0.3 is 5.11 Å². The Balaban J connectivity index is 2.21. The summed E-state index contributed by atoms with van der Waals surface area (Å²) in [6, 6.07) is 20.6. The van der Waals surface area contributed by atoms with Crippen LogP contribution in [0.3, 0.4) is 0 Å². The van der Waals surface area contributed by atoms with Crippen LogP contribution < -0.4 is 0 Å². The minimum absolute atomic E-state index is 0.168. The van der Waals surface area contributed by atoms with Crippen LogP contribution in [-0.4, -0.2) is 11.2 Å². The number of nitriles is 1. The van der Waals surface area contributed by atoms with E-state index in [0.717, 1.165) is 10.9 Å². The van der Waals surface area contributed by atoms with E-state index in [9.17, 15) is 5.11 Å². The van der Waals surface area contributed by atoms with E-state index in [1.165, 1.54) is 16.2 Å². The predicted octanol–water partition coefficient (Wildman–Crippen LogP) is 3.81. The van der Waals surface area contributed by atoms with Gasteiger partial charge in [0.05, 0.1) is 18.6 Å². The first-order valence-corrected chi connectivity index (χ1v) is 6.74. The molecule has 1 N–H and O–H groups in total. The summed E-state index contributed by atoms with van der Waals surface area (Å²) in [4.78, 5) is 0. The number of hydrogen-bond acceptors (Lipinski definition) is 2. The molecule has 0 heterocycles. The zero-order valence-corrected chi connectivity index (χ0v) is 11.1. The van der Waals surface area contributed by atoms with Gasteiger partial charge in [0, 0.05) is 0 Å². The highest BCUT2D eigenvalue weighted by Gasteiger charge is 2.10. The Labute approximate surface area is 117 Å². The van der Waals surface area contributed by atoms with Crippen LogP contribution >= 0.6 is 0 Å². The first kappa shape index (κ1) is 12.7. The summed E-state index contributed by atoms with van der Waals surface area (Å²) < 4.78 is 0. The van der Waals surface area contributed by atoms with Crippen molar-refractivity contribution in [2.24, 2.45) is 0 Å². The van der Waals surface area contributed by atoms with Crippen molar-refractivity contribution in [3.63, 3.8) is 0 Å². The summed E-state index contributed by atoms with van der Waals surface area (Å²) in [5, 5.41) is 23.4. The van der Waals surface area contributed by atoms with E-state index in [1.54, 1.807) is 0 Å². The summed E-state index contributed by atoms with van der Waals surface area (Å²) in [5.74, 6) is 0. The maximum absolute atomic E-state index is 9.91. The lowest BCUT2D eigenvalue weighted by Crippen LogP contribution is -2.09. The Morgan fingerprint density at radius 3 is 2.35 bits per heavy atom. The van der Waals surface area contributed by atoms with Gasteiger partial charge in [-0.1, -0.05) is 54.6 Å². The molecule has 0 aromatic heterocycles. The topological polar surface area (TPSA) is 44.0 Å². The van der Waals surface area contributed by atoms with Gasteiger partial charge in [-0.25, -0.2) is 0 Å². The van der Waals surface area contributed by atoms with Crippen LogP contribution in [0.5, 0.6) is 0 Å². The summed E-state index contributed by atoms with van der Waals surface area (Å²) >= 11 is 0. The van der Waals surface area contributed by atoms with E-state index in [-0.39, 0.29) is 6.42 Å². The second kappa shape index (κ2) is 5.32. The molecule has 3 rings (SSSR count). The lowest BCUT2D eigenvalue weighted by Gasteiger charge is -2.12. The van der Waals surface area contributed by atoms with Crippen molar-refractivity contribution >= 4 is 21.5 Å². The Bertz CT molecular complexity index is 801. The zero-order valence-electron chi connectivity index (χ0n) is 11.1. The highest BCUT2D eigenvalue weighted by Crippen LogP contribution is 2.29. The molecular weight excluding hydrogens is 246 g/mol. The van der Waals surface area contributed by atoms with Crippen molar-refractivity contribution in [2.75, 3.05) is 0 Å². The number of fused-ring (bicyclic) bond motifs is 3. The van der Waals surface area contributed by atoms with Crippen molar-refractivity contribution in [3.05, 3.63) is 60.2 Å². The van der Waals surface area contributed by atoms with Gasteiger partial charge in [-0.15, -0.1) is 0 Å². The first-order chi connectivity index (χ1) is 9.79. The smallest absolute Gasteiger partial charge is 0.0710 e. The van der Waals surface area contributed by atoms with Crippen molar-refractivity contribution in [1.29, 1.82) is 5.26 Å². The molecule has 0 aliphatic carbocycles. The quantitative estimate of drug-likeness (QED) is 0.728. The van der Waals surface area contributed by atoms with Crippen LogP contribution in [0.25, 0.3) is 21.5 Å². The average Bonchev–Trinajstić information content (AvgIpc) is 2.48. The number of aliphatic hydroxyl groups is 1. The molecule has 2 nitrogen and oxygen atoms in total. The monoisotopic (exact) mass is 261 g/mol. The number of rotatable bonds is 3. The zero-order chi connectivity index (χ0) is 13.9. The van der Waals surface area contributed by atoms with Crippen LogP contribution in [0.4, 0.5) is 0 Å². The fourth-order valence-electron chi connectivity index (χ4n) is 2.73. The maximum atomic E-state index is 9.91. The minimum Gasteiger partial charge on any atom is -0.392 e. The summed E-state index contributed by atoms with van der Waals surface area (Å²) in [7, 11) is 0. The number of aliphatic hydroxyl groups excluding tert-OH is 1. The SMILES string of the molecule is N#CC[C@H](O)Cc1cc2ccccc2c2ccccc12. The molecule has 0 aliphatic heterocycles. The van der Waals surface area contributed by atoms with E-state index < -0.39 is 6.10 Å². The number of hydrogen-bond donors (Lipinski definition) is 1. The van der Waals surface area contributed by atoms with Crippen LogP contribution in [0.2, 0.25) is 0 Å². The molecule has 20 heavy (non-hydrogen) atoms. The molecule has 0 bridgehead atoms. The molecule has 0 saturated heterocycles. The second-order valence-electron chi connectivity index (χ2n) is 5.02. The molecule has 2 heteroatoms. The molecule has 1 atom stereocenters. The van der Waals surface area contributed by atoms with E-state index in [2.05, 4.69) is 30.3 Å². The van der Waals surface area contributed by atoms with Crippen LogP contribution in [0.15, 0.2) is 54.6 Å². The highest BCUT2D eigenvalue weighted by molar-refractivity contribution is 6.08. The third kappa shape index (κ3) is 2.24. The Hall–Kier alpha value is -2.37. The molecule has 0 unspecified atom stereocenters. The predicted molar refractivity (Wildman–Crippen MR) is 81.4 cm³/mol. The molecule has 3 aromatic rings. The van der Waals surface area contributed by atoms with Crippen LogP contribution in [0.1, 0.15) is 12.0 Å². The van der Waals surface area contributed by atoms with Gasteiger partial charge in [-0.3, -0.25) is 0 Å². The van der Waals surface area contributed by atoms with E-state index >= 15 is 0 Å².